The predicted octanol–water partition coefficient (Wildman–Crippen LogP) is 0.164. The number of nitriles is 1. The summed E-state index contributed by atoms with van der Waals surface area (Å²) in [7, 11) is 0. The van der Waals surface area contributed by atoms with Crippen LogP contribution < -0.4 is 5.73 Å². The fourth-order valence-electron chi connectivity index (χ4n) is 3.81. The first-order chi connectivity index (χ1) is 12.5. The molecule has 7 heteroatoms. The van der Waals surface area contributed by atoms with Gasteiger partial charge in [-0.3, -0.25) is 9.59 Å². The summed E-state index contributed by atoms with van der Waals surface area (Å²) >= 11 is 0. The maximum absolute atomic E-state index is 12.8. The number of hydrogen-bond acceptors (Lipinski definition) is 5. The van der Waals surface area contributed by atoms with Crippen LogP contribution in [0.2, 0.25) is 0 Å². The SMILES string of the molecule is N#CC1CCCN1C(=O)C(N)CC(=O)N1Cc2ccccc2C[C@H]1CO. The third-order valence-electron chi connectivity index (χ3n) is 5.28. The number of aliphatic hydroxyl groups is 1. The highest BCUT2D eigenvalue weighted by Crippen LogP contribution is 2.24. The highest BCUT2D eigenvalue weighted by Gasteiger charge is 2.35. The zero-order valence-electron chi connectivity index (χ0n) is 14.7. The number of fused-ring (bicyclic) bond motifs is 1. The average Bonchev–Trinajstić information content (AvgIpc) is 3.14. The van der Waals surface area contributed by atoms with Gasteiger partial charge in [0, 0.05) is 13.1 Å². The van der Waals surface area contributed by atoms with Gasteiger partial charge in [0.25, 0.3) is 0 Å². The van der Waals surface area contributed by atoms with Crippen LogP contribution >= 0.6 is 0 Å². The lowest BCUT2D eigenvalue weighted by Gasteiger charge is -2.36. The summed E-state index contributed by atoms with van der Waals surface area (Å²) in [6.45, 7) is 0.785. The van der Waals surface area contributed by atoms with Gasteiger partial charge in [-0.15, -0.1) is 0 Å². The zero-order chi connectivity index (χ0) is 18.7. The average molecular weight is 356 g/mol. The number of nitrogens with two attached hydrogens (primary N) is 1. The van der Waals surface area contributed by atoms with Gasteiger partial charge < -0.3 is 20.6 Å². The van der Waals surface area contributed by atoms with Gasteiger partial charge >= 0.3 is 0 Å². The van der Waals surface area contributed by atoms with E-state index < -0.39 is 12.1 Å². The van der Waals surface area contributed by atoms with Crippen LogP contribution in [-0.4, -0.2) is 58.0 Å². The summed E-state index contributed by atoms with van der Waals surface area (Å²) in [6, 6.07) is 8.23. The lowest BCUT2D eigenvalue weighted by molar-refractivity contribution is -0.140. The zero-order valence-corrected chi connectivity index (χ0v) is 14.7. The molecule has 0 aliphatic carbocycles. The maximum atomic E-state index is 12.8. The Morgan fingerprint density at radius 2 is 2.04 bits per heavy atom. The normalized spacial score (nSPS) is 23.3. The van der Waals surface area contributed by atoms with Crippen LogP contribution in [0.4, 0.5) is 0 Å². The molecular formula is C19H24N4O3. The van der Waals surface area contributed by atoms with Crippen molar-refractivity contribution in [1.82, 2.24) is 9.80 Å². The van der Waals surface area contributed by atoms with Crippen LogP contribution in [0.5, 0.6) is 0 Å². The van der Waals surface area contributed by atoms with Crippen LogP contribution in [0.3, 0.4) is 0 Å². The molecule has 1 saturated heterocycles. The molecule has 3 rings (SSSR count). The van der Waals surface area contributed by atoms with E-state index in [1.54, 1.807) is 4.90 Å². The number of amides is 2. The number of carbonyl (C=O) groups is 2. The third kappa shape index (κ3) is 3.57. The van der Waals surface area contributed by atoms with Crippen molar-refractivity contribution in [2.75, 3.05) is 13.2 Å². The molecule has 0 saturated carbocycles. The van der Waals surface area contributed by atoms with Crippen molar-refractivity contribution in [2.24, 2.45) is 5.73 Å². The van der Waals surface area contributed by atoms with Gasteiger partial charge in [-0.1, -0.05) is 24.3 Å². The van der Waals surface area contributed by atoms with Crippen LogP contribution in [0.15, 0.2) is 24.3 Å². The minimum Gasteiger partial charge on any atom is -0.394 e. The lowest BCUT2D eigenvalue weighted by atomic mass is 9.93. The monoisotopic (exact) mass is 356 g/mol. The highest BCUT2D eigenvalue weighted by molar-refractivity contribution is 5.89. The number of likely N-dealkylation sites (tertiary alicyclic amines) is 1. The molecular weight excluding hydrogens is 332 g/mol. The molecule has 0 bridgehead atoms. The van der Waals surface area contributed by atoms with Gasteiger partial charge in [0.05, 0.1) is 31.2 Å². The van der Waals surface area contributed by atoms with Crippen molar-refractivity contribution in [3.05, 3.63) is 35.4 Å². The van der Waals surface area contributed by atoms with Crippen LogP contribution in [0, 0.1) is 11.3 Å². The summed E-state index contributed by atoms with van der Waals surface area (Å²) < 4.78 is 0. The largest absolute Gasteiger partial charge is 0.394 e. The van der Waals surface area contributed by atoms with Crippen molar-refractivity contribution < 1.29 is 14.7 Å². The number of hydrogen-bond donors (Lipinski definition) is 2. The van der Waals surface area contributed by atoms with E-state index in [0.29, 0.717) is 25.9 Å². The second kappa shape index (κ2) is 7.85. The molecule has 3 atom stereocenters. The molecule has 0 aromatic heterocycles. The molecule has 0 spiro atoms. The fourth-order valence-corrected chi connectivity index (χ4v) is 3.81. The standard InChI is InChI=1S/C19H24N4O3/c20-10-15-6-3-7-22(15)19(26)17(21)9-18(25)23-11-14-5-2-1-4-13(14)8-16(23)12-24/h1-2,4-5,15-17,24H,3,6-9,11-12,21H2/t15?,16-,17?/m0/s1. The summed E-state index contributed by atoms with van der Waals surface area (Å²) in [4.78, 5) is 28.4. The Hall–Kier alpha value is -2.43. The lowest BCUT2D eigenvalue weighted by Crippen LogP contribution is -2.51. The summed E-state index contributed by atoms with van der Waals surface area (Å²) in [5, 5.41) is 18.8. The Balaban J connectivity index is 1.67. The van der Waals surface area contributed by atoms with Crippen molar-refractivity contribution in [3.63, 3.8) is 0 Å². The molecule has 7 nitrogen and oxygen atoms in total. The fraction of sp³-hybridized carbons (Fsp3) is 0.526. The topological polar surface area (TPSA) is 111 Å². The smallest absolute Gasteiger partial charge is 0.241 e. The highest BCUT2D eigenvalue weighted by atomic mass is 16.3. The van der Waals surface area contributed by atoms with Crippen molar-refractivity contribution >= 4 is 11.8 Å². The van der Waals surface area contributed by atoms with Gasteiger partial charge in [0.15, 0.2) is 0 Å². The molecule has 1 aromatic carbocycles. The molecule has 2 unspecified atom stereocenters. The van der Waals surface area contributed by atoms with Crippen molar-refractivity contribution in [1.29, 1.82) is 5.26 Å². The van der Waals surface area contributed by atoms with E-state index in [-0.39, 0.29) is 30.9 Å². The second-order valence-corrected chi connectivity index (χ2v) is 6.96. The van der Waals surface area contributed by atoms with E-state index >= 15 is 0 Å². The van der Waals surface area contributed by atoms with Gasteiger partial charge in [0.1, 0.15) is 6.04 Å². The summed E-state index contributed by atoms with van der Waals surface area (Å²) in [5.74, 6) is -0.590. The number of nitrogens with zero attached hydrogens (tertiary/aromatic N) is 3. The second-order valence-electron chi connectivity index (χ2n) is 6.96. The Kier molecular flexibility index (Phi) is 5.55. The molecule has 1 fully saturated rings. The quantitative estimate of drug-likeness (QED) is 0.799. The molecule has 2 aliphatic rings. The van der Waals surface area contributed by atoms with Gasteiger partial charge in [-0.2, -0.15) is 5.26 Å². The first kappa shape index (κ1) is 18.4. The first-order valence-corrected chi connectivity index (χ1v) is 8.98. The van der Waals surface area contributed by atoms with Gasteiger partial charge in [-0.05, 0) is 30.4 Å². The number of rotatable bonds is 4. The first-order valence-electron chi connectivity index (χ1n) is 8.98. The molecule has 1 aromatic rings. The van der Waals surface area contributed by atoms with E-state index in [0.717, 1.165) is 17.5 Å². The predicted molar refractivity (Wildman–Crippen MR) is 94.5 cm³/mol. The van der Waals surface area contributed by atoms with E-state index in [4.69, 9.17) is 11.0 Å². The number of aliphatic hydroxyl groups excluding tert-OH is 1. The molecule has 2 aliphatic heterocycles. The Morgan fingerprint density at radius 1 is 1.31 bits per heavy atom. The molecule has 138 valence electrons. The number of carbonyl (C=O) groups excluding carboxylic acids is 2. The van der Waals surface area contributed by atoms with E-state index in [1.165, 1.54) is 4.90 Å². The Bertz CT molecular complexity index is 730. The summed E-state index contributed by atoms with van der Waals surface area (Å²) in [5.41, 5.74) is 8.17. The molecule has 0 radical (unpaired) electrons. The molecule has 26 heavy (non-hydrogen) atoms. The minimum absolute atomic E-state index is 0.119. The molecule has 2 heterocycles. The van der Waals surface area contributed by atoms with Crippen molar-refractivity contribution in [2.45, 2.75) is 50.4 Å². The van der Waals surface area contributed by atoms with Crippen molar-refractivity contribution in [3.8, 4) is 6.07 Å². The van der Waals surface area contributed by atoms with E-state index in [2.05, 4.69) is 6.07 Å². The number of benzene rings is 1. The molecule has 2 amide bonds. The van der Waals surface area contributed by atoms with Crippen LogP contribution in [-0.2, 0) is 22.6 Å². The van der Waals surface area contributed by atoms with E-state index in [1.807, 2.05) is 24.3 Å². The summed E-state index contributed by atoms with van der Waals surface area (Å²) in [6.07, 6.45) is 1.90. The maximum Gasteiger partial charge on any atom is 0.241 e. The Morgan fingerprint density at radius 3 is 2.73 bits per heavy atom. The van der Waals surface area contributed by atoms with Gasteiger partial charge in [-0.25, -0.2) is 0 Å². The van der Waals surface area contributed by atoms with Gasteiger partial charge in [0.2, 0.25) is 11.8 Å². The molecule has 3 N–H and O–H groups in total. The third-order valence-corrected chi connectivity index (χ3v) is 5.28. The van der Waals surface area contributed by atoms with Crippen LogP contribution in [0.25, 0.3) is 0 Å². The minimum atomic E-state index is -0.965. The van der Waals surface area contributed by atoms with E-state index in [9.17, 15) is 14.7 Å². The van der Waals surface area contributed by atoms with Crippen LogP contribution in [0.1, 0.15) is 30.4 Å². The Labute approximate surface area is 153 Å².